The molecule has 2 aromatic rings. The molecule has 1 heterocycles. The first-order valence-corrected chi connectivity index (χ1v) is 7.56. The second kappa shape index (κ2) is 4.65. The van der Waals surface area contributed by atoms with Crippen LogP contribution in [0.2, 0.25) is 0 Å². The van der Waals surface area contributed by atoms with Crippen molar-refractivity contribution < 1.29 is 14.9 Å². The van der Waals surface area contributed by atoms with Crippen LogP contribution in [0.1, 0.15) is 22.7 Å². The summed E-state index contributed by atoms with van der Waals surface area (Å²) in [5, 5.41) is 21.1. The highest BCUT2D eigenvalue weighted by Gasteiger charge is 2.36. The van der Waals surface area contributed by atoms with Gasteiger partial charge in [-0.25, -0.2) is 0 Å². The van der Waals surface area contributed by atoms with Gasteiger partial charge < -0.3 is 14.9 Å². The summed E-state index contributed by atoms with van der Waals surface area (Å²) >= 11 is 0. The molecule has 0 aromatic heterocycles. The summed E-state index contributed by atoms with van der Waals surface area (Å²) in [5.74, 6) is 0.826. The van der Waals surface area contributed by atoms with Crippen molar-refractivity contribution in [2.75, 3.05) is 20.7 Å². The fraction of sp³-hybridized carbons (Fsp3) is 0.333. The van der Waals surface area contributed by atoms with Gasteiger partial charge in [0.25, 0.3) is 0 Å². The van der Waals surface area contributed by atoms with Crippen LogP contribution in [0.25, 0.3) is 11.1 Å². The Kier molecular flexibility index (Phi) is 2.84. The van der Waals surface area contributed by atoms with E-state index in [-0.39, 0.29) is 17.5 Å². The summed E-state index contributed by atoms with van der Waals surface area (Å²) in [7, 11) is 3.68. The number of fused-ring (bicyclic) bond motifs is 2. The Bertz CT molecular complexity index is 769. The molecule has 22 heavy (non-hydrogen) atoms. The number of benzene rings is 2. The van der Waals surface area contributed by atoms with Crippen LogP contribution in [0, 0.1) is 0 Å². The van der Waals surface area contributed by atoms with Crippen LogP contribution in [0.4, 0.5) is 0 Å². The molecule has 0 saturated carbocycles. The van der Waals surface area contributed by atoms with Crippen molar-refractivity contribution in [1.29, 1.82) is 0 Å². The molecule has 2 aliphatic rings. The Morgan fingerprint density at radius 3 is 2.77 bits per heavy atom. The predicted molar refractivity (Wildman–Crippen MR) is 84.5 cm³/mol. The van der Waals surface area contributed by atoms with E-state index in [4.69, 9.17) is 4.74 Å². The third kappa shape index (κ3) is 1.67. The highest BCUT2D eigenvalue weighted by Crippen LogP contribution is 2.53. The van der Waals surface area contributed by atoms with E-state index < -0.39 is 0 Å². The first kappa shape index (κ1) is 13.5. The van der Waals surface area contributed by atoms with Crippen LogP contribution in [0.5, 0.6) is 17.2 Å². The molecule has 0 saturated heterocycles. The smallest absolute Gasteiger partial charge is 0.166 e. The Hall–Kier alpha value is -2.20. The van der Waals surface area contributed by atoms with Crippen LogP contribution < -0.4 is 4.74 Å². The molecule has 1 atom stereocenters. The molecular formula is C18H19NO3. The number of rotatable bonds is 1. The summed E-state index contributed by atoms with van der Waals surface area (Å²) in [5.41, 5.74) is 4.91. The van der Waals surface area contributed by atoms with Crippen molar-refractivity contribution in [2.24, 2.45) is 0 Å². The van der Waals surface area contributed by atoms with E-state index in [0.717, 1.165) is 41.6 Å². The molecule has 0 amide bonds. The molecule has 0 spiro atoms. The Morgan fingerprint density at radius 1 is 1.18 bits per heavy atom. The van der Waals surface area contributed by atoms with Gasteiger partial charge in [-0.15, -0.1) is 0 Å². The molecule has 1 aliphatic heterocycles. The lowest BCUT2D eigenvalue weighted by Gasteiger charge is -2.40. The molecular weight excluding hydrogens is 278 g/mol. The maximum absolute atomic E-state index is 10.7. The van der Waals surface area contributed by atoms with Gasteiger partial charge in [0.2, 0.25) is 0 Å². The average Bonchev–Trinajstić information content (AvgIpc) is 2.52. The highest BCUT2D eigenvalue weighted by molar-refractivity contribution is 5.86. The van der Waals surface area contributed by atoms with Crippen molar-refractivity contribution in [3.05, 3.63) is 41.0 Å². The molecule has 0 radical (unpaired) electrons. The summed E-state index contributed by atoms with van der Waals surface area (Å²) in [6.07, 6.45) is 1.78. The van der Waals surface area contributed by atoms with Gasteiger partial charge in [-0.2, -0.15) is 0 Å². The Morgan fingerprint density at radius 2 is 2.00 bits per heavy atom. The van der Waals surface area contributed by atoms with E-state index >= 15 is 0 Å². The van der Waals surface area contributed by atoms with Crippen LogP contribution in [-0.2, 0) is 12.8 Å². The largest absolute Gasteiger partial charge is 0.507 e. The van der Waals surface area contributed by atoms with Gasteiger partial charge in [0.05, 0.1) is 7.11 Å². The van der Waals surface area contributed by atoms with E-state index in [1.807, 2.05) is 18.2 Å². The van der Waals surface area contributed by atoms with Gasteiger partial charge in [0.15, 0.2) is 11.5 Å². The van der Waals surface area contributed by atoms with E-state index in [1.165, 1.54) is 5.56 Å². The Labute approximate surface area is 129 Å². The third-order valence-electron chi connectivity index (χ3n) is 5.00. The number of phenolic OH excluding ortho intramolecular Hbond substituents is 2. The number of aromatic hydroxyl groups is 2. The van der Waals surface area contributed by atoms with Gasteiger partial charge in [0, 0.05) is 23.7 Å². The molecule has 1 unspecified atom stereocenters. The van der Waals surface area contributed by atoms with Crippen molar-refractivity contribution in [2.45, 2.75) is 18.9 Å². The number of hydrogen-bond acceptors (Lipinski definition) is 4. The van der Waals surface area contributed by atoms with Crippen molar-refractivity contribution in [3.63, 3.8) is 0 Å². The fourth-order valence-electron chi connectivity index (χ4n) is 3.90. The van der Waals surface area contributed by atoms with Gasteiger partial charge in [-0.3, -0.25) is 4.90 Å². The maximum atomic E-state index is 10.7. The monoisotopic (exact) mass is 297 g/mol. The zero-order valence-corrected chi connectivity index (χ0v) is 12.8. The molecule has 4 rings (SSSR count). The molecule has 2 aromatic carbocycles. The van der Waals surface area contributed by atoms with E-state index in [9.17, 15) is 10.2 Å². The second-order valence-corrected chi connectivity index (χ2v) is 6.14. The standard InChI is InChI=1S/C18H19NO3/c1-19-7-6-11-9-14(22-2)18(21)17-15(11)12(19)8-10-4-3-5-13(20)16(10)17/h3-5,9,12,20-21H,6-8H2,1-2H3. The first-order valence-electron chi connectivity index (χ1n) is 7.56. The fourth-order valence-corrected chi connectivity index (χ4v) is 3.90. The van der Waals surface area contributed by atoms with Crippen LogP contribution in [-0.4, -0.2) is 35.8 Å². The number of likely N-dealkylation sites (N-methyl/N-ethyl adjacent to an activating group) is 1. The average molecular weight is 297 g/mol. The normalized spacial score (nSPS) is 19.5. The summed E-state index contributed by atoms with van der Waals surface area (Å²) < 4.78 is 5.35. The molecule has 0 fully saturated rings. The van der Waals surface area contributed by atoms with Crippen molar-refractivity contribution in [1.82, 2.24) is 4.90 Å². The maximum Gasteiger partial charge on any atom is 0.166 e. The first-order chi connectivity index (χ1) is 10.6. The molecule has 114 valence electrons. The molecule has 2 N–H and O–H groups in total. The molecule has 4 nitrogen and oxygen atoms in total. The van der Waals surface area contributed by atoms with Gasteiger partial charge in [-0.05, 0) is 48.7 Å². The van der Waals surface area contributed by atoms with Crippen molar-refractivity contribution in [3.8, 4) is 28.4 Å². The quantitative estimate of drug-likeness (QED) is 0.850. The van der Waals surface area contributed by atoms with E-state index in [0.29, 0.717) is 5.75 Å². The van der Waals surface area contributed by atoms with Crippen LogP contribution in [0.3, 0.4) is 0 Å². The van der Waals surface area contributed by atoms with Crippen LogP contribution >= 0.6 is 0 Å². The van der Waals surface area contributed by atoms with E-state index in [2.05, 4.69) is 11.9 Å². The molecule has 0 bridgehead atoms. The minimum atomic E-state index is 0.129. The summed E-state index contributed by atoms with van der Waals surface area (Å²) in [6, 6.07) is 7.75. The lowest BCUT2D eigenvalue weighted by atomic mass is 9.76. The van der Waals surface area contributed by atoms with Gasteiger partial charge >= 0.3 is 0 Å². The SMILES string of the molecule is COc1cc2c3c(c1O)-c1c(O)cccc1CC3N(C)CC2. The topological polar surface area (TPSA) is 52.9 Å². The minimum absolute atomic E-state index is 0.129. The summed E-state index contributed by atoms with van der Waals surface area (Å²) in [6.45, 7) is 0.985. The number of nitrogens with zero attached hydrogens (tertiary/aromatic N) is 1. The Balaban J connectivity index is 2.11. The zero-order chi connectivity index (χ0) is 15.4. The van der Waals surface area contributed by atoms with Crippen molar-refractivity contribution >= 4 is 0 Å². The second-order valence-electron chi connectivity index (χ2n) is 6.14. The van der Waals surface area contributed by atoms with Crippen LogP contribution in [0.15, 0.2) is 24.3 Å². The molecule has 4 heteroatoms. The van der Waals surface area contributed by atoms with Gasteiger partial charge in [0.1, 0.15) is 5.75 Å². The van der Waals surface area contributed by atoms with Gasteiger partial charge in [-0.1, -0.05) is 12.1 Å². The third-order valence-corrected chi connectivity index (χ3v) is 5.00. The lowest BCUT2D eigenvalue weighted by molar-refractivity contribution is 0.226. The van der Waals surface area contributed by atoms with E-state index in [1.54, 1.807) is 13.2 Å². The zero-order valence-electron chi connectivity index (χ0n) is 12.8. The number of ether oxygens (including phenoxy) is 1. The minimum Gasteiger partial charge on any atom is -0.507 e. The summed E-state index contributed by atoms with van der Waals surface area (Å²) in [4.78, 5) is 2.32. The highest BCUT2D eigenvalue weighted by atomic mass is 16.5. The number of methoxy groups -OCH3 is 1. The predicted octanol–water partition coefficient (Wildman–Crippen LogP) is 2.86. The lowest BCUT2D eigenvalue weighted by Crippen LogP contribution is -2.35. The number of hydrogen-bond donors (Lipinski definition) is 2. The molecule has 1 aliphatic carbocycles. The number of phenols is 2.